The zero-order chi connectivity index (χ0) is 17.3. The third-order valence-corrected chi connectivity index (χ3v) is 9.70. The zero-order valence-electron chi connectivity index (χ0n) is 16.6. The monoisotopic (exact) mass is 330 g/mol. The van der Waals surface area contributed by atoms with Gasteiger partial charge in [0.25, 0.3) is 0 Å². The quantitative estimate of drug-likeness (QED) is 0.587. The second-order valence-corrected chi connectivity index (χ2v) is 10.7. The van der Waals surface area contributed by atoms with Crippen molar-refractivity contribution in [3.8, 4) is 0 Å². The number of fused-ring (bicyclic) bond motifs is 5. The van der Waals surface area contributed by atoms with Gasteiger partial charge in [-0.05, 0) is 79.4 Å². The number of hydrogen-bond acceptors (Lipinski definition) is 1. The Labute approximate surface area is 149 Å². The van der Waals surface area contributed by atoms with Crippen molar-refractivity contribution in [3.05, 3.63) is 11.6 Å². The van der Waals surface area contributed by atoms with Gasteiger partial charge in [-0.15, -0.1) is 0 Å². The molecule has 1 nitrogen and oxygen atoms in total. The van der Waals surface area contributed by atoms with Crippen LogP contribution < -0.4 is 0 Å². The molecule has 0 aliphatic heterocycles. The normalized spacial score (nSPS) is 52.9. The minimum absolute atomic E-state index is 0.0146. The maximum Gasteiger partial charge on any atom is 0.0628 e. The Morgan fingerprint density at radius 1 is 0.958 bits per heavy atom. The Kier molecular flexibility index (Phi) is 3.82. The largest absolute Gasteiger partial charge is 0.392 e. The minimum atomic E-state index is -0.148. The summed E-state index contributed by atoms with van der Waals surface area (Å²) in [5.74, 6) is 3.50. The highest BCUT2D eigenvalue weighted by Crippen LogP contribution is 2.69. The maximum absolute atomic E-state index is 10.6. The van der Waals surface area contributed by atoms with E-state index in [4.69, 9.17) is 0 Å². The molecule has 4 rings (SSSR count). The average molecular weight is 331 g/mol. The van der Waals surface area contributed by atoms with Gasteiger partial charge < -0.3 is 5.11 Å². The molecule has 6 unspecified atom stereocenters. The van der Waals surface area contributed by atoms with Crippen molar-refractivity contribution < 1.29 is 5.11 Å². The molecule has 0 radical (unpaired) electrons. The van der Waals surface area contributed by atoms with E-state index in [1.54, 1.807) is 5.57 Å². The lowest BCUT2D eigenvalue weighted by atomic mass is 9.43. The Hall–Kier alpha value is -0.300. The van der Waals surface area contributed by atoms with Gasteiger partial charge in [0, 0.05) is 5.41 Å². The second kappa shape index (κ2) is 5.35. The number of hydrogen-bond donors (Lipinski definition) is 1. The van der Waals surface area contributed by atoms with Crippen molar-refractivity contribution in [2.24, 2.45) is 39.9 Å². The Balaban J connectivity index is 1.71. The van der Waals surface area contributed by atoms with Gasteiger partial charge in [0.2, 0.25) is 0 Å². The van der Waals surface area contributed by atoms with Crippen LogP contribution in [0.3, 0.4) is 0 Å². The molecule has 0 bridgehead atoms. The smallest absolute Gasteiger partial charge is 0.0628 e. The highest BCUT2D eigenvalue weighted by Gasteiger charge is 2.61. The molecular formula is C23H38O. The van der Waals surface area contributed by atoms with Crippen LogP contribution in [0.15, 0.2) is 11.6 Å². The molecule has 0 spiro atoms. The van der Waals surface area contributed by atoms with Crippen LogP contribution in [0.5, 0.6) is 0 Å². The van der Waals surface area contributed by atoms with Crippen LogP contribution in [0.2, 0.25) is 0 Å². The van der Waals surface area contributed by atoms with E-state index in [9.17, 15) is 5.11 Å². The van der Waals surface area contributed by atoms with Crippen molar-refractivity contribution in [2.75, 3.05) is 0 Å². The molecule has 0 saturated heterocycles. The lowest BCUT2D eigenvalue weighted by Gasteiger charge is -2.61. The molecule has 7 atom stereocenters. The lowest BCUT2D eigenvalue weighted by Crippen LogP contribution is -2.54. The van der Waals surface area contributed by atoms with E-state index < -0.39 is 0 Å². The average Bonchev–Trinajstić information content (AvgIpc) is 2.87. The molecule has 0 heterocycles. The van der Waals surface area contributed by atoms with Crippen LogP contribution >= 0.6 is 0 Å². The van der Waals surface area contributed by atoms with Gasteiger partial charge in [-0.2, -0.15) is 0 Å². The SMILES string of the molecule is CCC1CCC2C3CC=C4C(CCC(O)C4(C)C)C3(C)CC[C@]12C. The van der Waals surface area contributed by atoms with Crippen molar-refractivity contribution in [1.29, 1.82) is 0 Å². The summed E-state index contributed by atoms with van der Waals surface area (Å²) in [5.41, 5.74) is 2.68. The first-order valence-corrected chi connectivity index (χ1v) is 10.6. The molecule has 0 aromatic rings. The van der Waals surface area contributed by atoms with E-state index in [2.05, 4.69) is 40.7 Å². The number of rotatable bonds is 1. The van der Waals surface area contributed by atoms with Crippen LogP contribution in [-0.2, 0) is 0 Å². The highest BCUT2D eigenvalue weighted by molar-refractivity contribution is 5.28. The van der Waals surface area contributed by atoms with Crippen LogP contribution in [-0.4, -0.2) is 11.2 Å². The van der Waals surface area contributed by atoms with Crippen molar-refractivity contribution in [3.63, 3.8) is 0 Å². The van der Waals surface area contributed by atoms with Crippen LogP contribution in [0.4, 0.5) is 0 Å². The summed E-state index contributed by atoms with van der Waals surface area (Å²) in [6.07, 6.45) is 13.1. The second-order valence-electron chi connectivity index (χ2n) is 10.7. The molecule has 4 aliphatic carbocycles. The summed E-state index contributed by atoms with van der Waals surface area (Å²) >= 11 is 0. The predicted molar refractivity (Wildman–Crippen MR) is 101 cm³/mol. The highest BCUT2D eigenvalue weighted by atomic mass is 16.3. The fraction of sp³-hybridized carbons (Fsp3) is 0.913. The van der Waals surface area contributed by atoms with Gasteiger partial charge in [-0.3, -0.25) is 0 Å². The topological polar surface area (TPSA) is 20.2 Å². The molecule has 136 valence electrons. The van der Waals surface area contributed by atoms with E-state index in [0.29, 0.717) is 10.8 Å². The fourth-order valence-corrected chi connectivity index (χ4v) is 7.94. The summed E-state index contributed by atoms with van der Waals surface area (Å²) < 4.78 is 0. The van der Waals surface area contributed by atoms with E-state index in [-0.39, 0.29) is 11.5 Å². The first-order valence-electron chi connectivity index (χ1n) is 10.6. The van der Waals surface area contributed by atoms with Gasteiger partial charge in [0.05, 0.1) is 6.10 Å². The maximum atomic E-state index is 10.6. The first-order chi connectivity index (χ1) is 11.2. The fourth-order valence-electron chi connectivity index (χ4n) is 7.94. The van der Waals surface area contributed by atoms with Crippen LogP contribution in [0.1, 0.15) is 86.0 Å². The number of aliphatic hydroxyl groups excluding tert-OH is 1. The van der Waals surface area contributed by atoms with E-state index in [1.165, 1.54) is 44.9 Å². The van der Waals surface area contributed by atoms with Crippen molar-refractivity contribution >= 4 is 0 Å². The van der Waals surface area contributed by atoms with Crippen LogP contribution in [0, 0.1) is 39.9 Å². The van der Waals surface area contributed by atoms with E-state index >= 15 is 0 Å². The number of allylic oxidation sites excluding steroid dienone is 1. The Morgan fingerprint density at radius 2 is 1.67 bits per heavy atom. The molecule has 0 amide bonds. The van der Waals surface area contributed by atoms with E-state index in [1.807, 2.05) is 0 Å². The molecule has 0 aromatic heterocycles. The van der Waals surface area contributed by atoms with Gasteiger partial charge in [0.15, 0.2) is 0 Å². The minimum Gasteiger partial charge on any atom is -0.392 e. The molecule has 1 N–H and O–H groups in total. The van der Waals surface area contributed by atoms with Crippen LogP contribution in [0.25, 0.3) is 0 Å². The molecular weight excluding hydrogens is 292 g/mol. The molecule has 1 heteroatoms. The summed E-state index contributed by atoms with van der Waals surface area (Å²) in [5, 5.41) is 10.6. The molecule has 3 saturated carbocycles. The first kappa shape index (κ1) is 17.1. The molecule has 24 heavy (non-hydrogen) atoms. The van der Waals surface area contributed by atoms with Gasteiger partial charge >= 0.3 is 0 Å². The molecule has 3 fully saturated rings. The van der Waals surface area contributed by atoms with Gasteiger partial charge in [-0.25, -0.2) is 0 Å². The van der Waals surface area contributed by atoms with Gasteiger partial charge in [-0.1, -0.05) is 52.7 Å². The standard InChI is InChI=1S/C23H38O/c1-6-15-7-8-18-19-10-9-16-17(11-12-20(24)21(16,2)3)23(19,5)14-13-22(15,18)4/h9,15,17-20,24H,6-8,10-14H2,1-5H3/t15?,17?,18?,19?,20?,22-,23?/m1/s1. The summed E-state index contributed by atoms with van der Waals surface area (Å²) in [7, 11) is 0. The van der Waals surface area contributed by atoms with Gasteiger partial charge in [0.1, 0.15) is 0 Å². The predicted octanol–water partition coefficient (Wildman–Crippen LogP) is 5.97. The Morgan fingerprint density at radius 3 is 2.38 bits per heavy atom. The van der Waals surface area contributed by atoms with Crippen molar-refractivity contribution in [1.82, 2.24) is 0 Å². The zero-order valence-corrected chi connectivity index (χ0v) is 16.6. The lowest BCUT2D eigenvalue weighted by molar-refractivity contribution is -0.0912. The van der Waals surface area contributed by atoms with E-state index in [0.717, 1.165) is 30.1 Å². The molecule has 0 aromatic carbocycles. The third kappa shape index (κ3) is 2.03. The Bertz CT molecular complexity index is 546. The summed E-state index contributed by atoms with van der Waals surface area (Å²) in [6, 6.07) is 0. The van der Waals surface area contributed by atoms with Crippen molar-refractivity contribution in [2.45, 2.75) is 92.1 Å². The number of aliphatic hydroxyl groups is 1. The summed E-state index contributed by atoms with van der Waals surface area (Å²) in [6.45, 7) is 12.2. The third-order valence-electron chi connectivity index (χ3n) is 9.70. The summed E-state index contributed by atoms with van der Waals surface area (Å²) in [4.78, 5) is 0. The molecule has 4 aliphatic rings.